The van der Waals surface area contributed by atoms with Crippen molar-refractivity contribution in [3.05, 3.63) is 34.9 Å². The van der Waals surface area contributed by atoms with E-state index in [1.54, 1.807) is 12.1 Å². The predicted molar refractivity (Wildman–Crippen MR) is 112 cm³/mol. The first-order chi connectivity index (χ1) is 15.0. The standard InChI is InChI=1S/C23H28N4O4/c28-18-5-4-17(20(29)26-18)27-21(30)16-3-1-2-15(19(16)22(27)31)13-25-12-14-10-23(11-14)6-8-24-9-7-23/h1-3,14,17,24-25H,4-13H2,(H,26,28,29). The molecule has 0 bridgehead atoms. The number of imide groups is 2. The zero-order valence-electron chi connectivity index (χ0n) is 17.5. The van der Waals surface area contributed by atoms with Crippen molar-refractivity contribution in [1.82, 2.24) is 20.9 Å². The van der Waals surface area contributed by atoms with Crippen molar-refractivity contribution in [2.24, 2.45) is 11.3 Å². The molecule has 3 heterocycles. The molecule has 4 amide bonds. The minimum Gasteiger partial charge on any atom is -0.317 e. The van der Waals surface area contributed by atoms with Gasteiger partial charge in [0.15, 0.2) is 0 Å². The van der Waals surface area contributed by atoms with Gasteiger partial charge in [-0.25, -0.2) is 0 Å². The number of carbonyl (C=O) groups excluding carboxylic acids is 4. The Hall–Kier alpha value is -2.58. The van der Waals surface area contributed by atoms with Gasteiger partial charge in [-0.1, -0.05) is 12.1 Å². The summed E-state index contributed by atoms with van der Waals surface area (Å²) < 4.78 is 0. The van der Waals surface area contributed by atoms with Gasteiger partial charge in [0, 0.05) is 13.0 Å². The normalized spacial score (nSPS) is 25.5. The van der Waals surface area contributed by atoms with Crippen LogP contribution in [0.5, 0.6) is 0 Å². The highest BCUT2D eigenvalue weighted by Gasteiger charge is 2.46. The average Bonchev–Trinajstić information content (AvgIpc) is 2.99. The molecular formula is C23H28N4O4. The Morgan fingerprint density at radius 2 is 1.84 bits per heavy atom. The van der Waals surface area contributed by atoms with Crippen molar-refractivity contribution in [3.63, 3.8) is 0 Å². The highest BCUT2D eigenvalue weighted by Crippen LogP contribution is 2.51. The number of carbonyl (C=O) groups is 4. The molecule has 3 N–H and O–H groups in total. The average molecular weight is 425 g/mol. The number of rotatable bonds is 5. The molecule has 3 fully saturated rings. The summed E-state index contributed by atoms with van der Waals surface area (Å²) >= 11 is 0. The van der Waals surface area contributed by atoms with Crippen LogP contribution in [0.15, 0.2) is 18.2 Å². The summed E-state index contributed by atoms with van der Waals surface area (Å²) in [6.45, 7) is 3.65. The molecule has 1 aromatic rings. The van der Waals surface area contributed by atoms with Crippen molar-refractivity contribution < 1.29 is 19.2 Å². The molecule has 1 unspecified atom stereocenters. The van der Waals surface area contributed by atoms with E-state index < -0.39 is 23.8 Å². The Balaban J connectivity index is 1.23. The SMILES string of the molecule is O=C1CCC(N2C(=O)c3cccc(CNCC4CC5(CCNCC5)C4)c3C2=O)C(=O)N1. The van der Waals surface area contributed by atoms with E-state index in [9.17, 15) is 19.2 Å². The van der Waals surface area contributed by atoms with E-state index in [2.05, 4.69) is 16.0 Å². The van der Waals surface area contributed by atoms with Crippen LogP contribution in [0.3, 0.4) is 0 Å². The lowest BCUT2D eigenvalue weighted by atomic mass is 9.58. The summed E-state index contributed by atoms with van der Waals surface area (Å²) in [6.07, 6.45) is 5.34. The Labute approximate surface area is 181 Å². The largest absolute Gasteiger partial charge is 0.317 e. The number of fused-ring (bicyclic) bond motifs is 1. The Morgan fingerprint density at radius 3 is 2.58 bits per heavy atom. The minimum absolute atomic E-state index is 0.122. The fraction of sp³-hybridized carbons (Fsp3) is 0.565. The van der Waals surface area contributed by atoms with Crippen LogP contribution in [0.1, 0.15) is 64.8 Å². The fourth-order valence-corrected chi connectivity index (χ4v) is 5.82. The van der Waals surface area contributed by atoms with Gasteiger partial charge >= 0.3 is 0 Å². The number of amides is 4. The Bertz CT molecular complexity index is 945. The van der Waals surface area contributed by atoms with Crippen LogP contribution in [0.25, 0.3) is 0 Å². The maximum atomic E-state index is 13.1. The van der Waals surface area contributed by atoms with Gasteiger partial charge in [-0.3, -0.25) is 29.4 Å². The molecule has 1 spiro atoms. The first-order valence-electron chi connectivity index (χ1n) is 11.2. The van der Waals surface area contributed by atoms with E-state index in [1.807, 2.05) is 6.07 Å². The number of nitrogens with one attached hydrogen (secondary N) is 3. The van der Waals surface area contributed by atoms with Gasteiger partial charge < -0.3 is 10.6 Å². The summed E-state index contributed by atoms with van der Waals surface area (Å²) in [5.74, 6) is -1.19. The molecule has 2 saturated heterocycles. The summed E-state index contributed by atoms with van der Waals surface area (Å²) in [7, 11) is 0. The molecule has 0 aromatic heterocycles. The van der Waals surface area contributed by atoms with Crippen LogP contribution in [0.2, 0.25) is 0 Å². The van der Waals surface area contributed by atoms with Gasteiger partial charge in [-0.05, 0) is 74.7 Å². The molecule has 8 heteroatoms. The maximum absolute atomic E-state index is 13.1. The fourth-order valence-electron chi connectivity index (χ4n) is 5.82. The van der Waals surface area contributed by atoms with Gasteiger partial charge in [0.1, 0.15) is 6.04 Å². The molecular weight excluding hydrogens is 396 g/mol. The summed E-state index contributed by atoms with van der Waals surface area (Å²) in [6, 6.07) is 4.35. The number of hydrogen-bond donors (Lipinski definition) is 3. The van der Waals surface area contributed by atoms with Crippen molar-refractivity contribution in [2.45, 2.75) is 51.1 Å². The van der Waals surface area contributed by atoms with Crippen molar-refractivity contribution >= 4 is 23.6 Å². The molecule has 1 atom stereocenters. The second kappa shape index (κ2) is 7.84. The molecule has 8 nitrogen and oxygen atoms in total. The number of hydrogen-bond acceptors (Lipinski definition) is 6. The molecule has 1 saturated carbocycles. The first-order valence-corrected chi connectivity index (χ1v) is 11.2. The third-order valence-corrected chi connectivity index (χ3v) is 7.41. The zero-order chi connectivity index (χ0) is 21.6. The molecule has 0 radical (unpaired) electrons. The molecule has 31 heavy (non-hydrogen) atoms. The monoisotopic (exact) mass is 424 g/mol. The van der Waals surface area contributed by atoms with Crippen LogP contribution in [0.4, 0.5) is 0 Å². The second-order valence-electron chi connectivity index (χ2n) is 9.44. The van der Waals surface area contributed by atoms with Gasteiger partial charge in [-0.2, -0.15) is 0 Å². The molecule has 164 valence electrons. The van der Waals surface area contributed by atoms with Crippen LogP contribution < -0.4 is 16.0 Å². The zero-order valence-corrected chi connectivity index (χ0v) is 17.5. The van der Waals surface area contributed by atoms with E-state index in [0.29, 0.717) is 29.0 Å². The number of benzene rings is 1. The van der Waals surface area contributed by atoms with Gasteiger partial charge in [0.25, 0.3) is 11.8 Å². The molecule has 5 rings (SSSR count). The quantitative estimate of drug-likeness (QED) is 0.608. The van der Waals surface area contributed by atoms with E-state index in [0.717, 1.165) is 30.1 Å². The Kier molecular flexibility index (Phi) is 5.14. The molecule has 3 aliphatic heterocycles. The van der Waals surface area contributed by atoms with Crippen molar-refractivity contribution in [1.29, 1.82) is 0 Å². The lowest BCUT2D eigenvalue weighted by molar-refractivity contribution is -0.136. The van der Waals surface area contributed by atoms with Crippen LogP contribution in [-0.2, 0) is 16.1 Å². The summed E-state index contributed by atoms with van der Waals surface area (Å²) in [4.78, 5) is 50.7. The van der Waals surface area contributed by atoms with Gasteiger partial charge in [0.05, 0.1) is 11.1 Å². The molecule has 1 aliphatic carbocycles. The van der Waals surface area contributed by atoms with E-state index in [-0.39, 0.29) is 18.7 Å². The Morgan fingerprint density at radius 1 is 1.06 bits per heavy atom. The highest BCUT2D eigenvalue weighted by atomic mass is 16.2. The first kappa shape index (κ1) is 20.3. The smallest absolute Gasteiger partial charge is 0.262 e. The topological polar surface area (TPSA) is 108 Å². The van der Waals surface area contributed by atoms with Crippen molar-refractivity contribution in [3.8, 4) is 0 Å². The molecule has 1 aromatic carbocycles. The van der Waals surface area contributed by atoms with Crippen LogP contribution in [0, 0.1) is 11.3 Å². The highest BCUT2D eigenvalue weighted by molar-refractivity contribution is 6.24. The second-order valence-corrected chi connectivity index (χ2v) is 9.44. The summed E-state index contributed by atoms with van der Waals surface area (Å²) in [5, 5.41) is 9.14. The predicted octanol–water partition coefficient (Wildman–Crippen LogP) is 0.957. The van der Waals surface area contributed by atoms with Gasteiger partial charge in [-0.15, -0.1) is 0 Å². The summed E-state index contributed by atoms with van der Waals surface area (Å²) in [5.41, 5.74) is 2.04. The van der Waals surface area contributed by atoms with E-state index >= 15 is 0 Å². The number of nitrogens with zero attached hydrogens (tertiary/aromatic N) is 1. The third-order valence-electron chi connectivity index (χ3n) is 7.41. The van der Waals surface area contributed by atoms with Crippen LogP contribution >= 0.6 is 0 Å². The van der Waals surface area contributed by atoms with E-state index in [1.165, 1.54) is 25.7 Å². The lowest BCUT2D eigenvalue weighted by Crippen LogP contribution is -2.54. The number of piperidine rings is 2. The van der Waals surface area contributed by atoms with Gasteiger partial charge in [0.2, 0.25) is 11.8 Å². The minimum atomic E-state index is -0.929. The van der Waals surface area contributed by atoms with Crippen LogP contribution in [-0.4, -0.2) is 54.2 Å². The van der Waals surface area contributed by atoms with Crippen molar-refractivity contribution in [2.75, 3.05) is 19.6 Å². The van der Waals surface area contributed by atoms with E-state index in [4.69, 9.17) is 0 Å². The lowest BCUT2D eigenvalue weighted by Gasteiger charge is -2.50. The molecule has 4 aliphatic rings. The maximum Gasteiger partial charge on any atom is 0.262 e. The third kappa shape index (κ3) is 3.57.